The van der Waals surface area contributed by atoms with Crippen LogP contribution < -0.4 is 17.0 Å². The second-order valence-corrected chi connectivity index (χ2v) is 9.18. The average molecular weight is 450 g/mol. The van der Waals surface area contributed by atoms with E-state index in [1.54, 1.807) is 31.3 Å². The van der Waals surface area contributed by atoms with Gasteiger partial charge in [0.2, 0.25) is 0 Å². The molecule has 1 aromatic carbocycles. The molecule has 174 valence electrons. The van der Waals surface area contributed by atoms with Gasteiger partial charge in [0.25, 0.3) is 5.56 Å². The third-order valence-corrected chi connectivity index (χ3v) is 6.42. The van der Waals surface area contributed by atoms with E-state index in [9.17, 15) is 14.4 Å². The van der Waals surface area contributed by atoms with Crippen molar-refractivity contribution >= 4 is 16.9 Å². The van der Waals surface area contributed by atoms with E-state index in [1.165, 1.54) is 4.57 Å². The lowest BCUT2D eigenvalue weighted by atomic mass is 9.85. The normalized spacial score (nSPS) is 18.4. The van der Waals surface area contributed by atoms with Crippen molar-refractivity contribution in [3.05, 3.63) is 74.2 Å². The van der Waals surface area contributed by atoms with Gasteiger partial charge in [-0.3, -0.25) is 18.7 Å². The predicted molar refractivity (Wildman–Crippen MR) is 129 cm³/mol. The van der Waals surface area contributed by atoms with Crippen LogP contribution >= 0.6 is 0 Å². The number of allylic oxidation sites excluding steroid dienone is 2. The first kappa shape index (κ1) is 22.9. The Kier molecular flexibility index (Phi) is 6.47. The second-order valence-electron chi connectivity index (χ2n) is 9.18. The monoisotopic (exact) mass is 449 g/mol. The molecule has 1 aliphatic carbocycles. The molecule has 0 radical (unpaired) electrons. The van der Waals surface area contributed by atoms with Gasteiger partial charge in [0.15, 0.2) is 16.9 Å². The first-order valence-electron chi connectivity index (χ1n) is 11.4. The molecule has 0 saturated heterocycles. The highest BCUT2D eigenvalue weighted by Gasteiger charge is 2.28. The fraction of sp³-hybridized carbons (Fsp3) is 0.440. The predicted octanol–water partition coefficient (Wildman–Crippen LogP) is 2.73. The summed E-state index contributed by atoms with van der Waals surface area (Å²) in [6, 6.07) is 8.79. The molecule has 1 aliphatic rings. The maximum Gasteiger partial charge on any atom is 0.332 e. The third-order valence-electron chi connectivity index (χ3n) is 6.42. The molecule has 2 N–H and O–H groups in total. The van der Waals surface area contributed by atoms with Gasteiger partial charge >= 0.3 is 5.69 Å². The van der Waals surface area contributed by atoms with Crippen LogP contribution in [0.2, 0.25) is 0 Å². The molecular formula is C25H31N5O3. The quantitative estimate of drug-likeness (QED) is 0.460. The van der Waals surface area contributed by atoms with Gasteiger partial charge in [-0.1, -0.05) is 48.4 Å². The largest absolute Gasteiger partial charge is 0.332 e. The zero-order valence-electron chi connectivity index (χ0n) is 19.5. The molecule has 1 saturated carbocycles. The lowest BCUT2D eigenvalue weighted by molar-refractivity contribution is 0.0969. The maximum atomic E-state index is 13.6. The summed E-state index contributed by atoms with van der Waals surface area (Å²) < 4.78 is 4.31. The minimum atomic E-state index is -0.546. The number of benzene rings is 1. The highest BCUT2D eigenvalue weighted by atomic mass is 16.2. The van der Waals surface area contributed by atoms with Crippen molar-refractivity contribution in [1.82, 2.24) is 18.7 Å². The highest BCUT2D eigenvalue weighted by Crippen LogP contribution is 2.33. The van der Waals surface area contributed by atoms with Crippen LogP contribution in [0.4, 0.5) is 0 Å². The number of rotatable bonds is 6. The van der Waals surface area contributed by atoms with E-state index in [4.69, 9.17) is 10.7 Å². The topological polar surface area (TPSA) is 105 Å². The molecule has 4 rings (SSSR count). The van der Waals surface area contributed by atoms with Crippen LogP contribution in [0.3, 0.4) is 0 Å². The van der Waals surface area contributed by atoms with Crippen molar-refractivity contribution in [1.29, 1.82) is 0 Å². The van der Waals surface area contributed by atoms with Crippen molar-refractivity contribution in [2.45, 2.75) is 64.6 Å². The molecule has 2 unspecified atom stereocenters. The first-order chi connectivity index (χ1) is 15.8. The summed E-state index contributed by atoms with van der Waals surface area (Å²) in [5.41, 5.74) is 7.49. The second kappa shape index (κ2) is 9.31. The molecule has 0 aliphatic heterocycles. The van der Waals surface area contributed by atoms with Crippen LogP contribution in [-0.2, 0) is 20.1 Å². The number of nitrogens with zero attached hydrogens (tertiary/aromatic N) is 4. The van der Waals surface area contributed by atoms with E-state index in [1.807, 2.05) is 30.6 Å². The van der Waals surface area contributed by atoms with E-state index in [0.29, 0.717) is 23.3 Å². The lowest BCUT2D eigenvalue weighted by Gasteiger charge is -2.26. The van der Waals surface area contributed by atoms with Crippen LogP contribution in [0, 0.1) is 0 Å². The molecule has 2 heterocycles. The molecule has 2 aromatic heterocycles. The van der Waals surface area contributed by atoms with E-state index < -0.39 is 11.2 Å². The zero-order valence-corrected chi connectivity index (χ0v) is 19.5. The summed E-state index contributed by atoms with van der Waals surface area (Å²) >= 11 is 0. The van der Waals surface area contributed by atoms with Crippen LogP contribution in [-0.4, -0.2) is 30.5 Å². The minimum Gasteiger partial charge on any atom is -0.328 e. The van der Waals surface area contributed by atoms with Crippen LogP contribution in [0.1, 0.15) is 61.6 Å². The maximum absolute atomic E-state index is 13.6. The fourth-order valence-electron chi connectivity index (χ4n) is 4.62. The Labute approximate surface area is 192 Å². The minimum absolute atomic E-state index is 0.101. The summed E-state index contributed by atoms with van der Waals surface area (Å²) in [6.07, 6.45) is 5.77. The van der Waals surface area contributed by atoms with Gasteiger partial charge in [-0.2, -0.15) is 0 Å². The summed E-state index contributed by atoms with van der Waals surface area (Å²) in [5.74, 6) is 0.625. The van der Waals surface area contributed by atoms with Crippen molar-refractivity contribution in [3.63, 3.8) is 0 Å². The number of aromatic nitrogens is 4. The highest BCUT2D eigenvalue weighted by molar-refractivity contribution is 5.95. The molecule has 8 heteroatoms. The van der Waals surface area contributed by atoms with Crippen LogP contribution in [0.5, 0.6) is 0 Å². The van der Waals surface area contributed by atoms with Crippen molar-refractivity contribution in [3.8, 4) is 0 Å². The zero-order chi connectivity index (χ0) is 23.7. The molecule has 1 fully saturated rings. The van der Waals surface area contributed by atoms with Gasteiger partial charge in [-0.05, 0) is 33.1 Å². The van der Waals surface area contributed by atoms with E-state index in [2.05, 4.69) is 0 Å². The summed E-state index contributed by atoms with van der Waals surface area (Å²) in [6.45, 7) is 4.16. The fourth-order valence-corrected chi connectivity index (χ4v) is 4.62. The molecule has 0 spiro atoms. The van der Waals surface area contributed by atoms with Gasteiger partial charge in [0.1, 0.15) is 5.82 Å². The molecule has 8 nitrogen and oxygen atoms in total. The molecule has 33 heavy (non-hydrogen) atoms. The third kappa shape index (κ3) is 4.48. The molecule has 2 atom stereocenters. The van der Waals surface area contributed by atoms with Crippen molar-refractivity contribution < 1.29 is 4.79 Å². The number of carbonyl (C=O) groups excluding carboxylic acids is 1. The Morgan fingerprint density at radius 2 is 1.88 bits per heavy atom. The number of ketones is 1. The number of hydrogen-bond acceptors (Lipinski definition) is 5. The van der Waals surface area contributed by atoms with Crippen LogP contribution in [0.25, 0.3) is 11.2 Å². The Bertz CT molecular complexity index is 1330. The number of fused-ring (bicyclic) bond motifs is 1. The summed E-state index contributed by atoms with van der Waals surface area (Å²) in [4.78, 5) is 44.3. The Balaban J connectivity index is 1.89. The number of Topliss-reactive ketones (excluding diaryl/α,β-unsaturated/α-hetero) is 1. The number of aryl methyl sites for hydroxylation is 1. The number of hydrogen-bond donors (Lipinski definition) is 1. The van der Waals surface area contributed by atoms with Gasteiger partial charge in [0, 0.05) is 31.1 Å². The van der Waals surface area contributed by atoms with Crippen molar-refractivity contribution in [2.24, 2.45) is 12.8 Å². The number of imidazole rings is 1. The summed E-state index contributed by atoms with van der Waals surface area (Å²) in [7, 11) is 1.60. The van der Waals surface area contributed by atoms with Gasteiger partial charge in [-0.25, -0.2) is 9.78 Å². The Morgan fingerprint density at radius 3 is 2.55 bits per heavy atom. The van der Waals surface area contributed by atoms with E-state index >= 15 is 0 Å². The molecule has 3 aromatic rings. The first-order valence-corrected chi connectivity index (χ1v) is 11.4. The average Bonchev–Trinajstić information content (AvgIpc) is 3.19. The van der Waals surface area contributed by atoms with Crippen molar-refractivity contribution in [2.75, 3.05) is 0 Å². The van der Waals surface area contributed by atoms with Crippen LogP contribution in [0.15, 0.2) is 51.6 Å². The SMILES string of the molecule is CC(C)=CCn1c(C2CCCC(N)C2)nc2c1c(=O)n(CC(=O)c1ccccc1)c(=O)n2C. The molecule has 0 bridgehead atoms. The lowest BCUT2D eigenvalue weighted by Crippen LogP contribution is -2.41. The number of nitrogens with two attached hydrogens (primary N) is 1. The number of carbonyl (C=O) groups is 1. The molecule has 0 amide bonds. The van der Waals surface area contributed by atoms with E-state index in [0.717, 1.165) is 41.6 Å². The van der Waals surface area contributed by atoms with E-state index in [-0.39, 0.29) is 24.3 Å². The standard InChI is InChI=1S/C25H31N5O3/c1-16(2)12-13-29-21-23(27-22(29)18-10-7-11-19(26)14-18)28(3)25(33)30(24(21)32)15-20(31)17-8-5-4-6-9-17/h4-6,8-9,12,18-19H,7,10-11,13-15,26H2,1-3H3. The molecular weight excluding hydrogens is 418 g/mol. The van der Waals surface area contributed by atoms with Gasteiger partial charge in [-0.15, -0.1) is 0 Å². The van der Waals surface area contributed by atoms with Gasteiger partial charge < -0.3 is 10.3 Å². The Hall–Kier alpha value is -3.26. The van der Waals surface area contributed by atoms with Gasteiger partial charge in [0.05, 0.1) is 6.54 Å². The Morgan fingerprint density at radius 1 is 1.15 bits per heavy atom. The smallest absolute Gasteiger partial charge is 0.328 e. The summed E-state index contributed by atoms with van der Waals surface area (Å²) in [5, 5.41) is 0.